The number of benzene rings is 2. The number of unbranched alkanes of at least 4 members (excludes halogenated alkanes) is 1. The second kappa shape index (κ2) is 7.50. The summed E-state index contributed by atoms with van der Waals surface area (Å²) in [5.74, 6) is 0. The molecule has 0 atom stereocenters. The third kappa shape index (κ3) is 4.25. The van der Waals surface area contributed by atoms with E-state index in [1.807, 2.05) is 0 Å². The van der Waals surface area contributed by atoms with E-state index in [9.17, 15) is 0 Å². The topological polar surface area (TPSA) is 12.0 Å². The number of hydrogen-bond acceptors (Lipinski definition) is 1. The van der Waals surface area contributed by atoms with Crippen molar-refractivity contribution in [1.29, 1.82) is 0 Å². The Balaban J connectivity index is 2.25. The van der Waals surface area contributed by atoms with Gasteiger partial charge in [0.15, 0.2) is 0 Å². The van der Waals surface area contributed by atoms with Crippen LogP contribution in [0.5, 0.6) is 0 Å². The van der Waals surface area contributed by atoms with Gasteiger partial charge < -0.3 is 5.32 Å². The van der Waals surface area contributed by atoms with Crippen molar-refractivity contribution in [3.8, 4) is 0 Å². The Kier molecular flexibility index (Phi) is 5.65. The molecule has 0 heterocycles. The molecule has 1 nitrogen and oxygen atoms in total. The normalized spacial score (nSPS) is 10.7. The van der Waals surface area contributed by atoms with Gasteiger partial charge in [0.2, 0.25) is 0 Å². The minimum Gasteiger partial charge on any atom is -0.356 e. The van der Waals surface area contributed by atoms with E-state index in [-0.39, 0.29) is 0 Å². The van der Waals surface area contributed by atoms with Gasteiger partial charge in [-0.15, -0.1) is 0 Å². The van der Waals surface area contributed by atoms with Crippen LogP contribution < -0.4 is 5.32 Å². The van der Waals surface area contributed by atoms with Crippen molar-refractivity contribution in [3.05, 3.63) is 70.3 Å². The second-order valence-electron chi connectivity index (χ2n) is 6.60. The number of hydrogen-bond donors (Lipinski definition) is 1. The van der Waals surface area contributed by atoms with E-state index in [1.165, 1.54) is 46.2 Å². The predicted molar refractivity (Wildman–Crippen MR) is 103 cm³/mol. The van der Waals surface area contributed by atoms with Crippen LogP contribution in [0, 0.1) is 27.7 Å². The van der Waals surface area contributed by atoms with Gasteiger partial charge in [-0.2, -0.15) is 0 Å². The minimum absolute atomic E-state index is 0.975. The molecule has 1 N–H and O–H groups in total. The van der Waals surface area contributed by atoms with E-state index in [4.69, 9.17) is 0 Å². The van der Waals surface area contributed by atoms with Crippen LogP contribution in [0.3, 0.4) is 0 Å². The van der Waals surface area contributed by atoms with Crippen LogP contribution in [0.1, 0.15) is 53.1 Å². The average molecular weight is 307 g/mol. The van der Waals surface area contributed by atoms with Gasteiger partial charge in [-0.05, 0) is 86.6 Å². The highest BCUT2D eigenvalue weighted by Crippen LogP contribution is 2.25. The van der Waals surface area contributed by atoms with Crippen LogP contribution in [-0.2, 0) is 6.42 Å². The lowest BCUT2D eigenvalue weighted by Crippen LogP contribution is -2.02. The van der Waals surface area contributed by atoms with Gasteiger partial charge in [-0.25, -0.2) is 0 Å². The molecule has 122 valence electrons. The third-order valence-electron chi connectivity index (χ3n) is 4.61. The maximum absolute atomic E-state index is 4.27. The molecule has 0 saturated heterocycles. The van der Waals surface area contributed by atoms with E-state index in [2.05, 4.69) is 76.8 Å². The first-order valence-corrected chi connectivity index (χ1v) is 8.56. The summed E-state index contributed by atoms with van der Waals surface area (Å²) in [6.07, 6.45) is 3.61. The lowest BCUT2D eigenvalue weighted by atomic mass is 9.95. The smallest absolute Gasteiger partial charge is 0.0387 e. The summed E-state index contributed by atoms with van der Waals surface area (Å²) in [6, 6.07) is 11.1. The summed E-state index contributed by atoms with van der Waals surface area (Å²) in [7, 11) is 0. The minimum atomic E-state index is 0.975. The molecule has 23 heavy (non-hydrogen) atoms. The quantitative estimate of drug-likeness (QED) is 0.656. The largest absolute Gasteiger partial charge is 0.356 e. The van der Waals surface area contributed by atoms with Crippen LogP contribution in [0.2, 0.25) is 0 Å². The van der Waals surface area contributed by atoms with E-state index in [0.29, 0.717) is 0 Å². The number of nitrogens with one attached hydrogen (secondary N) is 1. The molecule has 0 aliphatic rings. The van der Waals surface area contributed by atoms with E-state index in [0.717, 1.165) is 17.8 Å². The summed E-state index contributed by atoms with van der Waals surface area (Å²) in [4.78, 5) is 0. The zero-order valence-corrected chi connectivity index (χ0v) is 15.2. The fraction of sp³-hybridized carbons (Fsp3) is 0.364. The summed E-state index contributed by atoms with van der Waals surface area (Å²) in [5.41, 5.74) is 10.0. The molecule has 0 aromatic heterocycles. The maximum atomic E-state index is 4.27. The van der Waals surface area contributed by atoms with Gasteiger partial charge >= 0.3 is 0 Å². The first-order chi connectivity index (χ1) is 10.9. The molecule has 0 unspecified atom stereocenters. The molecule has 2 aromatic carbocycles. The molecular formula is C22H29N. The van der Waals surface area contributed by atoms with Gasteiger partial charge in [-0.1, -0.05) is 32.1 Å². The van der Waals surface area contributed by atoms with Crippen molar-refractivity contribution < 1.29 is 0 Å². The van der Waals surface area contributed by atoms with Crippen molar-refractivity contribution in [2.75, 3.05) is 5.32 Å². The molecule has 0 bridgehead atoms. The third-order valence-corrected chi connectivity index (χ3v) is 4.61. The Labute approximate surface area is 141 Å². The highest BCUT2D eigenvalue weighted by Gasteiger charge is 2.08. The molecule has 0 spiro atoms. The Morgan fingerprint density at radius 1 is 0.913 bits per heavy atom. The second-order valence-corrected chi connectivity index (χ2v) is 6.60. The van der Waals surface area contributed by atoms with E-state index < -0.39 is 0 Å². The molecule has 0 saturated carbocycles. The molecule has 1 heteroatoms. The molecule has 0 fully saturated rings. The number of aryl methyl sites for hydroxylation is 5. The zero-order chi connectivity index (χ0) is 17.0. The zero-order valence-electron chi connectivity index (χ0n) is 15.2. The highest BCUT2D eigenvalue weighted by atomic mass is 14.9. The fourth-order valence-corrected chi connectivity index (χ4v) is 2.92. The van der Waals surface area contributed by atoms with Crippen LogP contribution in [0.15, 0.2) is 36.9 Å². The van der Waals surface area contributed by atoms with Gasteiger partial charge in [0.25, 0.3) is 0 Å². The van der Waals surface area contributed by atoms with Crippen LogP contribution in [0.25, 0.3) is 5.70 Å². The standard InChI is InChI=1S/C22H29N/c1-7-8-9-20-14-22(18(5)12-17(20)4)19(6)23-21-11-10-15(2)16(3)13-21/h10-14,23H,6-9H2,1-5H3. The summed E-state index contributed by atoms with van der Waals surface area (Å²) in [5, 5.41) is 3.48. The summed E-state index contributed by atoms with van der Waals surface area (Å²) < 4.78 is 0. The monoisotopic (exact) mass is 307 g/mol. The first-order valence-electron chi connectivity index (χ1n) is 8.56. The van der Waals surface area contributed by atoms with Gasteiger partial charge in [0, 0.05) is 16.9 Å². The van der Waals surface area contributed by atoms with Crippen molar-refractivity contribution in [1.82, 2.24) is 0 Å². The Bertz CT molecular complexity index is 710. The maximum Gasteiger partial charge on any atom is 0.0387 e. The lowest BCUT2D eigenvalue weighted by molar-refractivity contribution is 0.790. The predicted octanol–water partition coefficient (Wildman–Crippen LogP) is 6.35. The molecular weight excluding hydrogens is 278 g/mol. The number of anilines is 1. The Morgan fingerprint density at radius 2 is 1.65 bits per heavy atom. The molecule has 0 aliphatic carbocycles. The van der Waals surface area contributed by atoms with Gasteiger partial charge in [0.1, 0.15) is 0 Å². The van der Waals surface area contributed by atoms with Crippen molar-refractivity contribution in [3.63, 3.8) is 0 Å². The summed E-state index contributed by atoms with van der Waals surface area (Å²) in [6.45, 7) is 15.2. The first kappa shape index (κ1) is 17.3. The Hall–Kier alpha value is -2.02. The van der Waals surface area contributed by atoms with Gasteiger partial charge in [-0.3, -0.25) is 0 Å². The Morgan fingerprint density at radius 3 is 2.30 bits per heavy atom. The van der Waals surface area contributed by atoms with Gasteiger partial charge in [0.05, 0.1) is 0 Å². The molecule has 0 aliphatic heterocycles. The lowest BCUT2D eigenvalue weighted by Gasteiger charge is -2.16. The van der Waals surface area contributed by atoms with Crippen LogP contribution in [-0.4, -0.2) is 0 Å². The van der Waals surface area contributed by atoms with Crippen molar-refractivity contribution >= 4 is 11.4 Å². The molecule has 0 amide bonds. The summed E-state index contributed by atoms with van der Waals surface area (Å²) >= 11 is 0. The molecule has 0 radical (unpaired) electrons. The van der Waals surface area contributed by atoms with E-state index in [1.54, 1.807) is 0 Å². The van der Waals surface area contributed by atoms with Crippen LogP contribution in [0.4, 0.5) is 5.69 Å². The van der Waals surface area contributed by atoms with Crippen molar-refractivity contribution in [2.24, 2.45) is 0 Å². The SMILES string of the molecule is C=C(Nc1ccc(C)c(C)c1)c1cc(CCCC)c(C)cc1C. The number of rotatable bonds is 6. The average Bonchev–Trinajstić information content (AvgIpc) is 2.50. The van der Waals surface area contributed by atoms with E-state index >= 15 is 0 Å². The highest BCUT2D eigenvalue weighted by molar-refractivity contribution is 5.77. The molecule has 2 aromatic rings. The molecule has 2 rings (SSSR count). The fourth-order valence-electron chi connectivity index (χ4n) is 2.92. The van der Waals surface area contributed by atoms with Crippen LogP contribution >= 0.6 is 0 Å². The van der Waals surface area contributed by atoms with Crippen molar-refractivity contribution in [2.45, 2.75) is 53.9 Å².